The van der Waals surface area contributed by atoms with Crippen LogP contribution in [0.1, 0.15) is 12.0 Å². The van der Waals surface area contributed by atoms with Gasteiger partial charge in [-0.25, -0.2) is 15.0 Å². The van der Waals surface area contributed by atoms with Crippen molar-refractivity contribution < 1.29 is 18.0 Å². The summed E-state index contributed by atoms with van der Waals surface area (Å²) in [5.74, 6) is -0.0803. The average molecular weight is 325 g/mol. The summed E-state index contributed by atoms with van der Waals surface area (Å²) in [6, 6.07) is 3.23. The van der Waals surface area contributed by atoms with Crippen molar-refractivity contribution >= 4 is 22.6 Å². The van der Waals surface area contributed by atoms with Gasteiger partial charge < -0.3 is 5.32 Å². The minimum absolute atomic E-state index is 0.0845. The Bertz CT molecular complexity index is 730. The van der Waals surface area contributed by atoms with Gasteiger partial charge in [0.25, 0.3) is 5.91 Å². The molecule has 2 aromatic rings. The zero-order chi connectivity index (χ0) is 16.4. The highest BCUT2D eigenvalue weighted by Crippen LogP contribution is 2.32. The first-order chi connectivity index (χ1) is 10.9. The number of halogens is 3. The Morgan fingerprint density at radius 2 is 2.04 bits per heavy atom. The molecule has 0 saturated carbocycles. The van der Waals surface area contributed by atoms with Crippen LogP contribution in [0.2, 0.25) is 0 Å². The summed E-state index contributed by atoms with van der Waals surface area (Å²) in [6.45, 7) is 1.52. The molecule has 1 aromatic carbocycles. The third-order valence-electron chi connectivity index (χ3n) is 3.52. The molecule has 0 spiro atoms. The smallest absolute Gasteiger partial charge is 0.360 e. The Balaban J connectivity index is 1.77. The summed E-state index contributed by atoms with van der Waals surface area (Å²) < 4.78 is 38.5. The van der Waals surface area contributed by atoms with Crippen LogP contribution in [-0.2, 0) is 11.0 Å². The molecule has 1 saturated heterocycles. The standard InChI is InChI=1S/C14H14F3N5O/c15-14(16,17)9-2-3-11-10(6-9)13(20-8-19-11)18-7-12(23)21-22-4-1-5-22/h2-3,6,8H,1,4-5,7H2,(H,21,23)(H,18,19,20). The fraction of sp³-hybridized carbons (Fsp3) is 0.357. The number of carbonyl (C=O) groups excluding carboxylic acids is 1. The van der Waals surface area contributed by atoms with E-state index in [9.17, 15) is 18.0 Å². The van der Waals surface area contributed by atoms with Gasteiger partial charge in [0.2, 0.25) is 0 Å². The van der Waals surface area contributed by atoms with Gasteiger partial charge in [-0.05, 0) is 24.6 Å². The molecule has 9 heteroatoms. The van der Waals surface area contributed by atoms with Crippen molar-refractivity contribution in [3.63, 3.8) is 0 Å². The van der Waals surface area contributed by atoms with Crippen LogP contribution < -0.4 is 10.7 Å². The molecule has 2 heterocycles. The van der Waals surface area contributed by atoms with E-state index in [0.717, 1.165) is 31.6 Å². The lowest BCUT2D eigenvalue weighted by molar-refractivity contribution is -0.137. The van der Waals surface area contributed by atoms with Crippen LogP contribution in [0, 0.1) is 0 Å². The Morgan fingerprint density at radius 1 is 1.26 bits per heavy atom. The summed E-state index contributed by atoms with van der Waals surface area (Å²) in [4.78, 5) is 19.6. The monoisotopic (exact) mass is 325 g/mol. The van der Waals surface area contributed by atoms with Crippen LogP contribution in [0.5, 0.6) is 0 Å². The number of carbonyl (C=O) groups is 1. The van der Waals surface area contributed by atoms with Crippen molar-refractivity contribution in [1.29, 1.82) is 0 Å². The molecule has 23 heavy (non-hydrogen) atoms. The van der Waals surface area contributed by atoms with Crippen LogP contribution >= 0.6 is 0 Å². The Labute approximate surface area is 129 Å². The highest BCUT2D eigenvalue weighted by molar-refractivity contribution is 5.91. The van der Waals surface area contributed by atoms with Gasteiger partial charge >= 0.3 is 6.18 Å². The maximum absolute atomic E-state index is 12.8. The molecule has 1 aromatic heterocycles. The highest BCUT2D eigenvalue weighted by Gasteiger charge is 2.30. The third-order valence-corrected chi connectivity index (χ3v) is 3.52. The molecule has 0 bridgehead atoms. The van der Waals surface area contributed by atoms with Gasteiger partial charge in [-0.2, -0.15) is 13.2 Å². The van der Waals surface area contributed by atoms with E-state index >= 15 is 0 Å². The second-order valence-corrected chi connectivity index (χ2v) is 5.18. The molecule has 1 amide bonds. The lowest BCUT2D eigenvalue weighted by Crippen LogP contribution is -2.51. The summed E-state index contributed by atoms with van der Waals surface area (Å²) in [5, 5.41) is 4.75. The largest absolute Gasteiger partial charge is 0.416 e. The van der Waals surface area contributed by atoms with Gasteiger partial charge in [-0.15, -0.1) is 0 Å². The Kier molecular flexibility index (Phi) is 4.03. The lowest BCUT2D eigenvalue weighted by atomic mass is 10.1. The quantitative estimate of drug-likeness (QED) is 0.897. The van der Waals surface area contributed by atoms with Crippen LogP contribution in [0.15, 0.2) is 24.5 Å². The van der Waals surface area contributed by atoms with Crippen molar-refractivity contribution in [2.45, 2.75) is 12.6 Å². The van der Waals surface area contributed by atoms with E-state index in [1.807, 2.05) is 0 Å². The Morgan fingerprint density at radius 3 is 2.70 bits per heavy atom. The summed E-state index contributed by atoms with van der Waals surface area (Å²) in [5.41, 5.74) is 2.27. The zero-order valence-electron chi connectivity index (χ0n) is 12.0. The minimum Gasteiger partial charge on any atom is -0.360 e. The topological polar surface area (TPSA) is 70.1 Å². The van der Waals surface area contributed by atoms with Crippen LogP contribution in [0.3, 0.4) is 0 Å². The molecule has 0 unspecified atom stereocenters. The van der Waals surface area contributed by atoms with Gasteiger partial charge in [0.05, 0.1) is 17.6 Å². The number of anilines is 1. The molecule has 122 valence electrons. The number of hydrogen-bond acceptors (Lipinski definition) is 5. The van der Waals surface area contributed by atoms with Crippen molar-refractivity contribution in [3.05, 3.63) is 30.1 Å². The van der Waals surface area contributed by atoms with E-state index in [1.54, 1.807) is 5.01 Å². The highest BCUT2D eigenvalue weighted by atomic mass is 19.4. The summed E-state index contributed by atoms with van der Waals surface area (Å²) in [7, 11) is 0. The maximum atomic E-state index is 12.8. The number of nitrogens with zero attached hydrogens (tertiary/aromatic N) is 3. The van der Waals surface area contributed by atoms with E-state index in [1.165, 1.54) is 12.4 Å². The van der Waals surface area contributed by atoms with Crippen LogP contribution in [-0.4, -0.2) is 40.5 Å². The number of hydrogen-bond donors (Lipinski definition) is 2. The number of fused-ring (bicyclic) bond motifs is 1. The molecule has 0 radical (unpaired) electrons. The van der Waals surface area contributed by atoms with Gasteiger partial charge in [0.1, 0.15) is 12.1 Å². The first-order valence-electron chi connectivity index (χ1n) is 7.04. The molecule has 0 aliphatic carbocycles. The SMILES string of the molecule is O=C(CNc1ncnc2ccc(C(F)(F)F)cc12)NN1CCC1. The van der Waals surface area contributed by atoms with Gasteiger partial charge in [-0.1, -0.05) is 0 Å². The Hall–Kier alpha value is -2.42. The third kappa shape index (κ3) is 3.50. The molecule has 2 N–H and O–H groups in total. The van der Waals surface area contributed by atoms with Crippen LogP contribution in [0.25, 0.3) is 10.9 Å². The van der Waals surface area contributed by atoms with Gasteiger partial charge in [0.15, 0.2) is 0 Å². The first kappa shape index (κ1) is 15.5. The van der Waals surface area contributed by atoms with Gasteiger partial charge in [0, 0.05) is 18.5 Å². The van der Waals surface area contributed by atoms with E-state index in [4.69, 9.17) is 0 Å². The molecular formula is C14H14F3N5O. The minimum atomic E-state index is -4.45. The van der Waals surface area contributed by atoms with E-state index < -0.39 is 11.7 Å². The first-order valence-corrected chi connectivity index (χ1v) is 7.04. The fourth-order valence-electron chi connectivity index (χ4n) is 2.18. The number of nitrogens with one attached hydrogen (secondary N) is 2. The van der Waals surface area contributed by atoms with Crippen molar-refractivity contribution in [2.75, 3.05) is 25.0 Å². The number of amides is 1. The predicted molar refractivity (Wildman–Crippen MR) is 77.4 cm³/mol. The second kappa shape index (κ2) is 5.99. The molecular weight excluding hydrogens is 311 g/mol. The summed E-state index contributed by atoms with van der Waals surface area (Å²) in [6.07, 6.45) is -2.17. The number of alkyl halides is 3. The molecule has 0 atom stereocenters. The van der Waals surface area contributed by atoms with Crippen LogP contribution in [0.4, 0.5) is 19.0 Å². The zero-order valence-corrected chi connectivity index (χ0v) is 12.0. The maximum Gasteiger partial charge on any atom is 0.416 e. The van der Waals surface area contributed by atoms with E-state index in [0.29, 0.717) is 5.52 Å². The number of rotatable bonds is 4. The second-order valence-electron chi connectivity index (χ2n) is 5.18. The molecule has 1 fully saturated rings. The average Bonchev–Trinajstić information content (AvgIpc) is 2.47. The van der Waals surface area contributed by atoms with Crippen molar-refractivity contribution in [1.82, 2.24) is 20.4 Å². The molecule has 3 rings (SSSR count). The molecule has 1 aliphatic heterocycles. The predicted octanol–water partition coefficient (Wildman–Crippen LogP) is 1.80. The number of benzene rings is 1. The van der Waals surface area contributed by atoms with E-state index in [-0.39, 0.29) is 23.7 Å². The number of hydrazine groups is 1. The number of aromatic nitrogens is 2. The van der Waals surface area contributed by atoms with Crippen molar-refractivity contribution in [2.24, 2.45) is 0 Å². The molecule has 1 aliphatic rings. The van der Waals surface area contributed by atoms with Crippen molar-refractivity contribution in [3.8, 4) is 0 Å². The summed E-state index contributed by atoms with van der Waals surface area (Å²) >= 11 is 0. The fourth-order valence-corrected chi connectivity index (χ4v) is 2.18. The van der Waals surface area contributed by atoms with Gasteiger partial charge in [-0.3, -0.25) is 10.2 Å². The van der Waals surface area contributed by atoms with E-state index in [2.05, 4.69) is 20.7 Å². The normalized spacial score (nSPS) is 15.3. The molecule has 6 nitrogen and oxygen atoms in total. The lowest BCUT2D eigenvalue weighted by Gasteiger charge is -2.30.